The molecule has 124 valence electrons. The molecule has 1 atom stereocenters. The van der Waals surface area contributed by atoms with E-state index in [1.165, 1.54) is 5.56 Å². The van der Waals surface area contributed by atoms with Crippen molar-refractivity contribution < 1.29 is 14.3 Å². The Morgan fingerprint density at radius 2 is 1.92 bits per heavy atom. The molecule has 4 heteroatoms. The van der Waals surface area contributed by atoms with Crippen LogP contribution in [0.15, 0.2) is 48.5 Å². The molecule has 4 nitrogen and oxygen atoms in total. The Balaban J connectivity index is 1.64. The van der Waals surface area contributed by atoms with Crippen molar-refractivity contribution in [2.75, 3.05) is 6.79 Å². The number of carbonyl (C=O) groups excluding carboxylic acids is 1. The van der Waals surface area contributed by atoms with E-state index in [0.29, 0.717) is 5.75 Å². The normalized spacial score (nSPS) is 13.9. The van der Waals surface area contributed by atoms with Crippen LogP contribution in [0.1, 0.15) is 36.1 Å². The molecule has 1 amide bonds. The maximum absolute atomic E-state index is 12.2. The van der Waals surface area contributed by atoms with Crippen LogP contribution < -0.4 is 14.8 Å². The van der Waals surface area contributed by atoms with Gasteiger partial charge in [-0.2, -0.15) is 0 Å². The predicted octanol–water partition coefficient (Wildman–Crippen LogP) is 4.00. The van der Waals surface area contributed by atoms with E-state index in [2.05, 4.69) is 43.4 Å². The number of hydrogen-bond acceptors (Lipinski definition) is 3. The Bertz CT molecular complexity index is 750. The van der Waals surface area contributed by atoms with E-state index < -0.39 is 0 Å². The lowest BCUT2D eigenvalue weighted by atomic mass is 10.0. The van der Waals surface area contributed by atoms with Gasteiger partial charge in [-0.15, -0.1) is 0 Å². The third-order valence-corrected chi connectivity index (χ3v) is 4.03. The molecule has 0 fully saturated rings. The maximum atomic E-state index is 12.2. The fraction of sp³-hybridized carbons (Fsp3) is 0.250. The number of fused-ring (bicyclic) bond motifs is 1. The minimum absolute atomic E-state index is 0.0134. The molecule has 0 saturated carbocycles. The van der Waals surface area contributed by atoms with Gasteiger partial charge in [0.25, 0.3) is 0 Å². The molecule has 0 bridgehead atoms. The van der Waals surface area contributed by atoms with Crippen LogP contribution in [0.2, 0.25) is 0 Å². The van der Waals surface area contributed by atoms with Crippen molar-refractivity contribution in [3.63, 3.8) is 0 Å². The first-order valence-electron chi connectivity index (χ1n) is 8.10. The number of nitrogens with one attached hydrogen (secondary N) is 1. The summed E-state index contributed by atoms with van der Waals surface area (Å²) in [6.07, 6.45) is 4.17. The van der Waals surface area contributed by atoms with Crippen LogP contribution in [0, 0.1) is 6.92 Å². The van der Waals surface area contributed by atoms with Crippen molar-refractivity contribution in [2.24, 2.45) is 0 Å². The molecular weight excluding hydrogens is 302 g/mol. The molecule has 3 rings (SSSR count). The van der Waals surface area contributed by atoms with Gasteiger partial charge in [0.2, 0.25) is 12.7 Å². The summed E-state index contributed by atoms with van der Waals surface area (Å²) < 4.78 is 10.6. The molecule has 0 spiro atoms. The molecule has 0 aromatic heterocycles. The number of hydrogen-bond donors (Lipinski definition) is 1. The topological polar surface area (TPSA) is 47.6 Å². The number of ether oxygens (including phenoxy) is 2. The van der Waals surface area contributed by atoms with Gasteiger partial charge in [-0.25, -0.2) is 0 Å². The van der Waals surface area contributed by atoms with Gasteiger partial charge in [0.15, 0.2) is 11.5 Å². The van der Waals surface area contributed by atoms with E-state index in [9.17, 15) is 4.79 Å². The second kappa shape index (κ2) is 7.21. The van der Waals surface area contributed by atoms with Gasteiger partial charge in [-0.05, 0) is 42.7 Å². The largest absolute Gasteiger partial charge is 0.454 e. The van der Waals surface area contributed by atoms with Gasteiger partial charge >= 0.3 is 0 Å². The van der Waals surface area contributed by atoms with Crippen LogP contribution in [0.4, 0.5) is 0 Å². The van der Waals surface area contributed by atoms with Crippen LogP contribution in [-0.4, -0.2) is 12.7 Å². The van der Waals surface area contributed by atoms with Crippen LogP contribution in [0.5, 0.6) is 11.5 Å². The minimum Gasteiger partial charge on any atom is -0.454 e. The zero-order valence-corrected chi connectivity index (χ0v) is 13.9. The average molecular weight is 323 g/mol. The molecule has 1 heterocycles. The van der Waals surface area contributed by atoms with Crippen LogP contribution >= 0.6 is 0 Å². The van der Waals surface area contributed by atoms with Gasteiger partial charge in [-0.3, -0.25) is 4.79 Å². The molecule has 1 aliphatic rings. The molecule has 0 saturated heterocycles. The summed E-state index contributed by atoms with van der Waals surface area (Å²) in [4.78, 5) is 12.2. The van der Waals surface area contributed by atoms with Crippen LogP contribution in [-0.2, 0) is 4.79 Å². The van der Waals surface area contributed by atoms with Crippen molar-refractivity contribution in [2.45, 2.75) is 26.3 Å². The molecule has 1 N–H and O–H groups in total. The lowest BCUT2D eigenvalue weighted by molar-refractivity contribution is -0.117. The molecule has 2 aromatic rings. The van der Waals surface area contributed by atoms with Crippen molar-refractivity contribution in [1.82, 2.24) is 5.32 Å². The highest BCUT2D eigenvalue weighted by Gasteiger charge is 2.13. The number of rotatable bonds is 5. The van der Waals surface area contributed by atoms with Crippen molar-refractivity contribution >= 4 is 12.0 Å². The number of benzene rings is 2. The molecule has 24 heavy (non-hydrogen) atoms. The maximum Gasteiger partial charge on any atom is 0.244 e. The second-order valence-electron chi connectivity index (χ2n) is 5.83. The summed E-state index contributed by atoms with van der Waals surface area (Å²) in [5, 5.41) is 3.04. The Morgan fingerprint density at radius 1 is 1.17 bits per heavy atom. The van der Waals surface area contributed by atoms with Crippen molar-refractivity contribution in [3.05, 3.63) is 65.2 Å². The molecule has 1 aliphatic heterocycles. The standard InChI is InChI=1S/C20H21NO3/c1-3-17(16-8-4-14(2)5-9-16)21-20(22)11-7-15-6-10-18-19(12-15)24-13-23-18/h4-12,17H,3,13H2,1-2H3,(H,21,22)/b11-7+/t17-/m1/s1. The smallest absolute Gasteiger partial charge is 0.244 e. The van der Waals surface area contributed by atoms with Gasteiger partial charge < -0.3 is 14.8 Å². The minimum atomic E-state index is -0.111. The van der Waals surface area contributed by atoms with Crippen molar-refractivity contribution in [1.29, 1.82) is 0 Å². The average Bonchev–Trinajstić information content (AvgIpc) is 3.06. The molecule has 0 radical (unpaired) electrons. The highest BCUT2D eigenvalue weighted by Crippen LogP contribution is 2.32. The Hall–Kier alpha value is -2.75. The highest BCUT2D eigenvalue weighted by atomic mass is 16.7. The first kappa shape index (κ1) is 16.1. The molecule has 0 aliphatic carbocycles. The summed E-state index contributed by atoms with van der Waals surface area (Å²) in [5.41, 5.74) is 3.23. The summed E-state index contributed by atoms with van der Waals surface area (Å²) in [7, 11) is 0. The van der Waals surface area contributed by atoms with Gasteiger partial charge in [0, 0.05) is 6.08 Å². The first-order valence-corrected chi connectivity index (χ1v) is 8.10. The Morgan fingerprint density at radius 3 is 2.67 bits per heavy atom. The molecule has 2 aromatic carbocycles. The fourth-order valence-electron chi connectivity index (χ4n) is 2.63. The SMILES string of the molecule is CC[C@@H](NC(=O)/C=C/c1ccc2c(c1)OCO2)c1ccc(C)cc1. The quantitative estimate of drug-likeness (QED) is 0.846. The van der Waals surface area contributed by atoms with Gasteiger partial charge in [-0.1, -0.05) is 42.8 Å². The predicted molar refractivity (Wildman–Crippen MR) is 94.0 cm³/mol. The van der Waals surface area contributed by atoms with E-state index >= 15 is 0 Å². The third-order valence-electron chi connectivity index (χ3n) is 4.03. The van der Waals surface area contributed by atoms with E-state index in [1.807, 2.05) is 18.2 Å². The summed E-state index contributed by atoms with van der Waals surface area (Å²) in [5.74, 6) is 1.34. The molecule has 0 unspecified atom stereocenters. The zero-order chi connectivity index (χ0) is 16.9. The summed E-state index contributed by atoms with van der Waals surface area (Å²) >= 11 is 0. The van der Waals surface area contributed by atoms with E-state index in [4.69, 9.17) is 9.47 Å². The number of aryl methyl sites for hydroxylation is 1. The summed E-state index contributed by atoms with van der Waals surface area (Å²) in [6.45, 7) is 4.36. The molecular formula is C20H21NO3. The fourth-order valence-corrected chi connectivity index (χ4v) is 2.63. The first-order chi connectivity index (χ1) is 11.7. The van der Waals surface area contributed by atoms with Crippen LogP contribution in [0.25, 0.3) is 6.08 Å². The lowest BCUT2D eigenvalue weighted by Crippen LogP contribution is -2.26. The third kappa shape index (κ3) is 3.77. The number of amides is 1. The van der Waals surface area contributed by atoms with Crippen molar-refractivity contribution in [3.8, 4) is 11.5 Å². The Kier molecular flexibility index (Phi) is 4.85. The van der Waals surface area contributed by atoms with E-state index in [-0.39, 0.29) is 18.7 Å². The van der Waals surface area contributed by atoms with E-state index in [0.717, 1.165) is 23.3 Å². The van der Waals surface area contributed by atoms with Crippen LogP contribution in [0.3, 0.4) is 0 Å². The number of carbonyl (C=O) groups is 1. The van der Waals surface area contributed by atoms with E-state index in [1.54, 1.807) is 12.2 Å². The van der Waals surface area contributed by atoms with Gasteiger partial charge in [0.1, 0.15) is 0 Å². The zero-order valence-electron chi connectivity index (χ0n) is 13.9. The van der Waals surface area contributed by atoms with Gasteiger partial charge in [0.05, 0.1) is 6.04 Å². The lowest BCUT2D eigenvalue weighted by Gasteiger charge is -2.16. The second-order valence-corrected chi connectivity index (χ2v) is 5.83. The summed E-state index contributed by atoms with van der Waals surface area (Å²) in [6, 6.07) is 13.9. The highest BCUT2D eigenvalue weighted by molar-refractivity contribution is 5.92. The Labute approximate surface area is 142 Å². The monoisotopic (exact) mass is 323 g/mol.